The Balaban J connectivity index is 1.80. The van der Waals surface area contributed by atoms with Gasteiger partial charge >= 0.3 is 0 Å². The largest absolute Gasteiger partial charge is 0.391 e. The van der Waals surface area contributed by atoms with Crippen molar-refractivity contribution in [1.29, 1.82) is 0 Å². The van der Waals surface area contributed by atoms with E-state index >= 15 is 0 Å². The highest BCUT2D eigenvalue weighted by molar-refractivity contribution is 5.55. The van der Waals surface area contributed by atoms with E-state index in [9.17, 15) is 9.50 Å². The number of hydrogen-bond acceptors (Lipinski definition) is 3. The number of aliphatic hydroxyl groups excluding tert-OH is 1. The third-order valence-electron chi connectivity index (χ3n) is 3.94. The molecule has 0 radical (unpaired) electrons. The van der Waals surface area contributed by atoms with E-state index in [1.165, 1.54) is 18.9 Å². The van der Waals surface area contributed by atoms with Crippen LogP contribution in [-0.2, 0) is 6.54 Å². The average molecular weight is 264 g/mol. The van der Waals surface area contributed by atoms with Gasteiger partial charge in [0.15, 0.2) is 0 Å². The van der Waals surface area contributed by atoms with E-state index in [4.69, 9.17) is 0 Å². The first-order valence-electron chi connectivity index (χ1n) is 7.18. The minimum absolute atomic E-state index is 0.177. The lowest BCUT2D eigenvalue weighted by Gasteiger charge is -2.33. The number of nitrogens with one attached hydrogen (secondary N) is 1. The Labute approximate surface area is 113 Å². The molecule has 4 heteroatoms. The van der Waals surface area contributed by atoms with Crippen molar-refractivity contribution in [1.82, 2.24) is 5.32 Å². The number of benzene rings is 1. The van der Waals surface area contributed by atoms with Crippen LogP contribution in [0.2, 0.25) is 0 Å². The van der Waals surface area contributed by atoms with E-state index in [0.29, 0.717) is 24.8 Å². The molecule has 19 heavy (non-hydrogen) atoms. The Morgan fingerprint density at radius 1 is 1.32 bits per heavy atom. The van der Waals surface area contributed by atoms with E-state index in [1.807, 2.05) is 11.0 Å². The fourth-order valence-electron chi connectivity index (χ4n) is 2.76. The Bertz CT molecular complexity index is 448. The second-order valence-electron chi connectivity index (χ2n) is 5.64. The van der Waals surface area contributed by atoms with Crippen molar-refractivity contribution in [2.24, 2.45) is 0 Å². The third kappa shape index (κ3) is 3.07. The summed E-state index contributed by atoms with van der Waals surface area (Å²) in [6, 6.07) is 5.87. The van der Waals surface area contributed by atoms with Gasteiger partial charge in [0, 0.05) is 25.7 Å². The Morgan fingerprint density at radius 3 is 2.89 bits per heavy atom. The molecule has 1 unspecified atom stereocenters. The summed E-state index contributed by atoms with van der Waals surface area (Å²) in [5, 5.41) is 13.2. The fraction of sp³-hybridized carbons (Fsp3) is 0.600. The maximum atomic E-state index is 14.2. The lowest BCUT2D eigenvalue weighted by atomic mass is 10.0. The maximum Gasteiger partial charge on any atom is 0.146 e. The summed E-state index contributed by atoms with van der Waals surface area (Å²) >= 11 is 0. The molecule has 3 nitrogen and oxygen atoms in total. The summed E-state index contributed by atoms with van der Waals surface area (Å²) in [5.41, 5.74) is 1.68. The first kappa shape index (κ1) is 12.9. The number of rotatable bonds is 4. The predicted molar refractivity (Wildman–Crippen MR) is 73.7 cm³/mol. The van der Waals surface area contributed by atoms with Gasteiger partial charge in [0.05, 0.1) is 11.8 Å². The Kier molecular flexibility index (Phi) is 3.71. The SMILES string of the molecule is OC1CCCN(c2c(F)cccc2CNC2CC2)C1. The second kappa shape index (κ2) is 5.47. The molecule has 104 valence electrons. The quantitative estimate of drug-likeness (QED) is 0.873. The first-order chi connectivity index (χ1) is 9.24. The van der Waals surface area contributed by atoms with Gasteiger partial charge in [0.1, 0.15) is 5.82 Å². The molecule has 0 amide bonds. The third-order valence-corrected chi connectivity index (χ3v) is 3.94. The molecule has 1 aliphatic carbocycles. The lowest BCUT2D eigenvalue weighted by molar-refractivity contribution is 0.154. The smallest absolute Gasteiger partial charge is 0.146 e. The fourth-order valence-corrected chi connectivity index (χ4v) is 2.76. The second-order valence-corrected chi connectivity index (χ2v) is 5.64. The van der Waals surface area contributed by atoms with E-state index in [2.05, 4.69) is 5.32 Å². The number of anilines is 1. The van der Waals surface area contributed by atoms with Crippen LogP contribution in [0, 0.1) is 5.82 Å². The van der Waals surface area contributed by atoms with E-state index < -0.39 is 0 Å². The van der Waals surface area contributed by atoms with E-state index in [1.54, 1.807) is 6.07 Å². The molecule has 1 atom stereocenters. The average Bonchev–Trinajstić information content (AvgIpc) is 3.20. The summed E-state index contributed by atoms with van der Waals surface area (Å²) in [6.07, 6.45) is 3.86. The highest BCUT2D eigenvalue weighted by Crippen LogP contribution is 2.28. The van der Waals surface area contributed by atoms with Crippen molar-refractivity contribution >= 4 is 5.69 Å². The summed E-state index contributed by atoms with van der Waals surface area (Å²) in [7, 11) is 0. The first-order valence-corrected chi connectivity index (χ1v) is 7.18. The molecule has 1 heterocycles. The number of β-amino-alcohol motifs (C(OH)–C–C–N with tert-alkyl or cyclic N) is 1. The van der Waals surface area contributed by atoms with Crippen molar-refractivity contribution in [2.75, 3.05) is 18.0 Å². The monoisotopic (exact) mass is 264 g/mol. The molecular weight excluding hydrogens is 243 g/mol. The maximum absolute atomic E-state index is 14.2. The van der Waals surface area contributed by atoms with Crippen LogP contribution in [0.5, 0.6) is 0 Å². The van der Waals surface area contributed by atoms with Gasteiger partial charge < -0.3 is 15.3 Å². The number of halogens is 1. The molecule has 0 spiro atoms. The topological polar surface area (TPSA) is 35.5 Å². The number of hydrogen-bond donors (Lipinski definition) is 2. The zero-order valence-electron chi connectivity index (χ0n) is 11.1. The van der Waals surface area contributed by atoms with Crippen LogP contribution in [-0.4, -0.2) is 30.3 Å². The standard InChI is InChI=1S/C15H21FN2O/c16-14-5-1-3-11(9-17-12-6-7-12)15(14)18-8-2-4-13(19)10-18/h1,3,5,12-13,17,19H,2,4,6-10H2. The van der Waals surface area contributed by atoms with E-state index in [0.717, 1.165) is 24.9 Å². The highest BCUT2D eigenvalue weighted by atomic mass is 19.1. The van der Waals surface area contributed by atoms with Gasteiger partial charge in [0.25, 0.3) is 0 Å². The molecule has 1 saturated carbocycles. The number of aliphatic hydroxyl groups is 1. The predicted octanol–water partition coefficient (Wildman–Crippen LogP) is 2.04. The molecule has 3 rings (SSSR count). The molecular formula is C15H21FN2O. The summed E-state index contributed by atoms with van der Waals surface area (Å²) in [4.78, 5) is 1.99. The van der Waals surface area contributed by atoms with Gasteiger partial charge in [-0.15, -0.1) is 0 Å². The zero-order valence-corrected chi connectivity index (χ0v) is 11.1. The molecule has 2 aliphatic rings. The lowest BCUT2D eigenvalue weighted by Crippen LogP contribution is -2.39. The van der Waals surface area contributed by atoms with Crippen molar-refractivity contribution in [3.8, 4) is 0 Å². The highest BCUT2D eigenvalue weighted by Gasteiger charge is 2.24. The summed E-state index contributed by atoms with van der Waals surface area (Å²) < 4.78 is 14.2. The van der Waals surface area contributed by atoms with Crippen LogP contribution >= 0.6 is 0 Å². The van der Waals surface area contributed by atoms with Crippen molar-refractivity contribution < 1.29 is 9.50 Å². The number of nitrogens with zero attached hydrogens (tertiary/aromatic N) is 1. The normalized spacial score (nSPS) is 23.7. The van der Waals surface area contributed by atoms with Gasteiger partial charge in [0.2, 0.25) is 0 Å². The van der Waals surface area contributed by atoms with Gasteiger partial charge in [-0.05, 0) is 37.3 Å². The van der Waals surface area contributed by atoms with Crippen molar-refractivity contribution in [3.63, 3.8) is 0 Å². The van der Waals surface area contributed by atoms with Gasteiger partial charge in [-0.3, -0.25) is 0 Å². The zero-order chi connectivity index (χ0) is 13.2. The molecule has 0 aromatic heterocycles. The Hall–Kier alpha value is -1.13. The van der Waals surface area contributed by atoms with Crippen LogP contribution < -0.4 is 10.2 Å². The molecule has 0 bridgehead atoms. The van der Waals surface area contributed by atoms with Crippen LogP contribution in [0.3, 0.4) is 0 Å². The molecule has 1 aromatic carbocycles. The van der Waals surface area contributed by atoms with Crippen LogP contribution in [0.15, 0.2) is 18.2 Å². The van der Waals surface area contributed by atoms with Crippen molar-refractivity contribution in [2.45, 2.75) is 44.4 Å². The van der Waals surface area contributed by atoms with Gasteiger partial charge in [-0.2, -0.15) is 0 Å². The van der Waals surface area contributed by atoms with Gasteiger partial charge in [-0.25, -0.2) is 4.39 Å². The minimum atomic E-state index is -0.336. The van der Waals surface area contributed by atoms with Crippen molar-refractivity contribution in [3.05, 3.63) is 29.6 Å². The molecule has 2 N–H and O–H groups in total. The molecule has 1 saturated heterocycles. The molecule has 2 fully saturated rings. The summed E-state index contributed by atoms with van der Waals surface area (Å²) in [6.45, 7) is 2.08. The van der Waals surface area contributed by atoms with Gasteiger partial charge in [-0.1, -0.05) is 12.1 Å². The van der Waals surface area contributed by atoms with E-state index in [-0.39, 0.29) is 11.9 Å². The molecule has 1 aromatic rings. The number of para-hydroxylation sites is 1. The Morgan fingerprint density at radius 2 is 2.16 bits per heavy atom. The summed E-state index contributed by atoms with van der Waals surface area (Å²) in [5.74, 6) is -0.177. The molecule has 1 aliphatic heterocycles. The minimum Gasteiger partial charge on any atom is -0.391 e. The van der Waals surface area contributed by atoms with Crippen LogP contribution in [0.1, 0.15) is 31.2 Å². The number of piperidine rings is 1. The van der Waals surface area contributed by atoms with Crippen LogP contribution in [0.4, 0.5) is 10.1 Å². The van der Waals surface area contributed by atoms with Crippen LogP contribution in [0.25, 0.3) is 0 Å².